The molecule has 0 radical (unpaired) electrons. The van der Waals surface area contributed by atoms with Crippen molar-refractivity contribution in [2.45, 2.75) is 38.6 Å². The molecule has 192 valence electrons. The van der Waals surface area contributed by atoms with E-state index in [2.05, 4.69) is 27.2 Å². The molecule has 0 spiro atoms. The number of likely N-dealkylation sites (tertiary alicyclic amines) is 1. The highest BCUT2D eigenvalue weighted by atomic mass is 19.1. The van der Waals surface area contributed by atoms with Crippen molar-refractivity contribution in [1.82, 2.24) is 20.2 Å². The summed E-state index contributed by atoms with van der Waals surface area (Å²) in [6, 6.07) is 6.57. The molecule has 5 rings (SSSR count). The summed E-state index contributed by atoms with van der Waals surface area (Å²) < 4.78 is 20.6. The molecule has 3 aromatic rings. The maximum absolute atomic E-state index is 14.3. The monoisotopic (exact) mass is 503 g/mol. The van der Waals surface area contributed by atoms with Gasteiger partial charge in [0.1, 0.15) is 18.2 Å². The highest BCUT2D eigenvalue weighted by molar-refractivity contribution is 6.06. The molecule has 1 saturated heterocycles. The molecular formula is C28H30FN5O3. The lowest BCUT2D eigenvalue weighted by Gasteiger charge is -2.35. The second-order valence-corrected chi connectivity index (χ2v) is 9.34. The van der Waals surface area contributed by atoms with E-state index < -0.39 is 0 Å². The first-order valence-electron chi connectivity index (χ1n) is 12.5. The molecule has 9 heteroatoms. The standard InChI is InChI=1S/C28H30FN5O3/c1-3-24(35)34-14-5-4-7-18(34)16-37-23-15-30-12-10-19(23)26-27(25-22(33-26)11-13-31-28(25)36)32-21-9-6-8-20(29)17(21)2/h3,6,8-10,12,15,18,32-33H,1,4-5,7,11,13-14,16H2,2H3,(H,31,36)/t18-/m0/s1. The Morgan fingerprint density at radius 3 is 3.05 bits per heavy atom. The molecule has 1 fully saturated rings. The van der Waals surface area contributed by atoms with Gasteiger partial charge in [0, 0.05) is 48.2 Å². The Labute approximate surface area is 214 Å². The van der Waals surface area contributed by atoms with E-state index in [1.54, 1.807) is 31.5 Å². The van der Waals surface area contributed by atoms with Gasteiger partial charge in [0.2, 0.25) is 5.91 Å². The molecule has 3 N–H and O–H groups in total. The van der Waals surface area contributed by atoms with Gasteiger partial charge in [0.05, 0.1) is 29.2 Å². The van der Waals surface area contributed by atoms with E-state index >= 15 is 0 Å². The Morgan fingerprint density at radius 1 is 1.35 bits per heavy atom. The number of fused-ring (bicyclic) bond motifs is 1. The van der Waals surface area contributed by atoms with Gasteiger partial charge in [-0.15, -0.1) is 0 Å². The first-order chi connectivity index (χ1) is 18.0. The van der Waals surface area contributed by atoms with Crippen molar-refractivity contribution in [2.24, 2.45) is 0 Å². The summed E-state index contributed by atoms with van der Waals surface area (Å²) in [5, 5.41) is 6.21. The van der Waals surface area contributed by atoms with E-state index in [-0.39, 0.29) is 23.7 Å². The van der Waals surface area contributed by atoms with Crippen LogP contribution in [0.5, 0.6) is 5.75 Å². The molecule has 2 aliphatic rings. The number of carbonyl (C=O) groups is 2. The number of aromatic nitrogens is 2. The lowest BCUT2D eigenvalue weighted by molar-refractivity contribution is -0.130. The summed E-state index contributed by atoms with van der Waals surface area (Å²) in [4.78, 5) is 34.7. The van der Waals surface area contributed by atoms with E-state index in [0.29, 0.717) is 65.6 Å². The van der Waals surface area contributed by atoms with Gasteiger partial charge in [-0.05, 0) is 50.5 Å². The number of benzene rings is 1. The third-order valence-electron chi connectivity index (χ3n) is 7.06. The highest BCUT2D eigenvalue weighted by Crippen LogP contribution is 2.41. The van der Waals surface area contributed by atoms with Gasteiger partial charge in [0.25, 0.3) is 5.91 Å². The van der Waals surface area contributed by atoms with Crippen molar-refractivity contribution in [3.8, 4) is 17.0 Å². The Kier molecular flexibility index (Phi) is 6.94. The average Bonchev–Trinajstić information content (AvgIpc) is 3.29. The first-order valence-corrected chi connectivity index (χ1v) is 12.5. The van der Waals surface area contributed by atoms with Gasteiger partial charge in [0.15, 0.2) is 0 Å². The SMILES string of the molecule is C=CC(=O)N1CCCC[C@H]1COc1cnccc1-c1[nH]c2c(c1Nc1cccc(F)c1C)C(=O)NCC2. The van der Waals surface area contributed by atoms with Crippen molar-refractivity contribution in [1.29, 1.82) is 0 Å². The van der Waals surface area contributed by atoms with Crippen LogP contribution in [-0.2, 0) is 11.2 Å². The fourth-order valence-corrected chi connectivity index (χ4v) is 5.05. The molecule has 4 heterocycles. The number of halogens is 1. The van der Waals surface area contributed by atoms with Crippen LogP contribution in [0.2, 0.25) is 0 Å². The second-order valence-electron chi connectivity index (χ2n) is 9.34. The summed E-state index contributed by atoms with van der Waals surface area (Å²) in [6.07, 6.45) is 8.10. The summed E-state index contributed by atoms with van der Waals surface area (Å²) in [6.45, 7) is 6.83. The number of hydrogen-bond donors (Lipinski definition) is 3. The zero-order chi connectivity index (χ0) is 25.9. The number of ether oxygens (including phenoxy) is 1. The second kappa shape index (κ2) is 10.5. The number of rotatable bonds is 7. The zero-order valence-corrected chi connectivity index (χ0v) is 20.8. The highest BCUT2D eigenvalue weighted by Gasteiger charge is 2.30. The smallest absolute Gasteiger partial charge is 0.255 e. The van der Waals surface area contributed by atoms with E-state index in [9.17, 15) is 14.0 Å². The number of aromatic amines is 1. The molecule has 37 heavy (non-hydrogen) atoms. The molecule has 1 aromatic carbocycles. The average molecular weight is 504 g/mol. The lowest BCUT2D eigenvalue weighted by atomic mass is 10.0. The van der Waals surface area contributed by atoms with Crippen LogP contribution in [0.3, 0.4) is 0 Å². The molecule has 1 atom stereocenters. The fraction of sp³-hybridized carbons (Fsp3) is 0.321. The summed E-state index contributed by atoms with van der Waals surface area (Å²) in [5.41, 5.74) is 4.25. The number of nitrogens with zero attached hydrogens (tertiary/aromatic N) is 2. The number of amides is 2. The molecule has 0 bridgehead atoms. The van der Waals surface area contributed by atoms with Crippen LogP contribution in [-0.4, -0.2) is 52.4 Å². The number of H-pyrrole nitrogens is 1. The molecular weight excluding hydrogens is 473 g/mol. The first kappa shape index (κ1) is 24.5. The van der Waals surface area contributed by atoms with Crippen molar-refractivity contribution in [3.63, 3.8) is 0 Å². The van der Waals surface area contributed by atoms with Gasteiger partial charge in [-0.1, -0.05) is 12.6 Å². The van der Waals surface area contributed by atoms with Crippen molar-refractivity contribution >= 4 is 23.2 Å². The fourth-order valence-electron chi connectivity index (χ4n) is 5.05. The minimum atomic E-state index is -0.334. The van der Waals surface area contributed by atoms with Crippen LogP contribution in [0.4, 0.5) is 15.8 Å². The number of carbonyl (C=O) groups excluding carboxylic acids is 2. The minimum Gasteiger partial charge on any atom is -0.489 e. The third kappa shape index (κ3) is 4.81. The van der Waals surface area contributed by atoms with Crippen LogP contribution < -0.4 is 15.4 Å². The number of pyridine rings is 1. The van der Waals surface area contributed by atoms with Crippen LogP contribution in [0.15, 0.2) is 49.3 Å². The number of nitrogens with one attached hydrogen (secondary N) is 3. The summed E-state index contributed by atoms with van der Waals surface area (Å²) in [7, 11) is 0. The van der Waals surface area contributed by atoms with E-state index in [4.69, 9.17) is 4.74 Å². The molecule has 2 aromatic heterocycles. The Hall–Kier alpha value is -4.14. The maximum Gasteiger partial charge on any atom is 0.255 e. The van der Waals surface area contributed by atoms with Crippen molar-refractivity contribution in [3.05, 3.63) is 72.0 Å². The largest absolute Gasteiger partial charge is 0.489 e. The van der Waals surface area contributed by atoms with Crippen LogP contribution in [0.1, 0.15) is 40.9 Å². The van der Waals surface area contributed by atoms with Crippen LogP contribution >= 0.6 is 0 Å². The lowest BCUT2D eigenvalue weighted by Crippen LogP contribution is -2.46. The Balaban J connectivity index is 1.51. The number of hydrogen-bond acceptors (Lipinski definition) is 5. The third-order valence-corrected chi connectivity index (χ3v) is 7.06. The Morgan fingerprint density at radius 2 is 2.22 bits per heavy atom. The molecule has 0 aliphatic carbocycles. The van der Waals surface area contributed by atoms with E-state index in [1.807, 2.05) is 11.0 Å². The topological polar surface area (TPSA) is 99.3 Å². The van der Waals surface area contributed by atoms with Crippen LogP contribution in [0, 0.1) is 12.7 Å². The van der Waals surface area contributed by atoms with Gasteiger partial charge in [-0.3, -0.25) is 14.6 Å². The molecule has 2 amide bonds. The molecule has 0 saturated carbocycles. The predicted octanol–water partition coefficient (Wildman–Crippen LogP) is 4.50. The van der Waals surface area contributed by atoms with Crippen molar-refractivity contribution < 1.29 is 18.7 Å². The molecule has 8 nitrogen and oxygen atoms in total. The van der Waals surface area contributed by atoms with Crippen LogP contribution in [0.25, 0.3) is 11.3 Å². The molecule has 2 aliphatic heterocycles. The number of piperidine rings is 1. The van der Waals surface area contributed by atoms with Gasteiger partial charge in [-0.2, -0.15) is 0 Å². The summed E-state index contributed by atoms with van der Waals surface area (Å²) >= 11 is 0. The van der Waals surface area contributed by atoms with Gasteiger partial charge in [-0.25, -0.2) is 4.39 Å². The van der Waals surface area contributed by atoms with E-state index in [1.165, 1.54) is 12.1 Å². The van der Waals surface area contributed by atoms with E-state index in [0.717, 1.165) is 25.0 Å². The van der Waals surface area contributed by atoms with Crippen molar-refractivity contribution in [2.75, 3.05) is 25.0 Å². The van der Waals surface area contributed by atoms with Gasteiger partial charge >= 0.3 is 0 Å². The summed E-state index contributed by atoms with van der Waals surface area (Å²) in [5.74, 6) is -0.103. The zero-order valence-electron chi connectivity index (χ0n) is 20.8. The predicted molar refractivity (Wildman–Crippen MR) is 140 cm³/mol. The number of anilines is 2. The normalized spacial score (nSPS) is 17.1. The quantitative estimate of drug-likeness (QED) is 0.413. The van der Waals surface area contributed by atoms with Gasteiger partial charge < -0.3 is 25.3 Å². The minimum absolute atomic E-state index is 0.0672. The maximum atomic E-state index is 14.3. The Bertz CT molecular complexity index is 1350. The molecule has 0 unspecified atom stereocenters.